The summed E-state index contributed by atoms with van der Waals surface area (Å²) < 4.78 is 58.7. The van der Waals surface area contributed by atoms with Crippen LogP contribution >= 0.6 is 53.5 Å². The number of hydrogen-bond donors (Lipinski definition) is 0. The van der Waals surface area contributed by atoms with Crippen LogP contribution in [-0.2, 0) is 27.7 Å². The van der Waals surface area contributed by atoms with Crippen LogP contribution in [0.4, 0.5) is 0 Å². The van der Waals surface area contributed by atoms with E-state index < -0.39 is 88.9 Å². The fraction of sp³-hybridized carbons (Fsp3) is 0.134. The summed E-state index contributed by atoms with van der Waals surface area (Å²) in [6.07, 6.45) is 0. The van der Waals surface area contributed by atoms with E-state index in [1.807, 2.05) is 130 Å². The Morgan fingerprint density at radius 1 is 0.205 bits per heavy atom. The Morgan fingerprint density at radius 3 is 0.701 bits per heavy atom. The summed E-state index contributed by atoms with van der Waals surface area (Å²) in [5.74, 6) is 0. The normalized spacial score (nSPS) is 12.0. The van der Waals surface area contributed by atoms with Crippen LogP contribution in [0.2, 0.25) is 0 Å². The van der Waals surface area contributed by atoms with Gasteiger partial charge in [-0.05, 0) is 34.0 Å². The van der Waals surface area contributed by atoms with Crippen molar-refractivity contribution in [2.45, 2.75) is 27.7 Å². The van der Waals surface area contributed by atoms with Gasteiger partial charge in [-0.25, -0.2) is 0 Å². The summed E-state index contributed by atoms with van der Waals surface area (Å²) in [6.45, 7) is 9.98. The summed E-state index contributed by atoms with van der Waals surface area (Å²) in [4.78, 5) is 0. The van der Waals surface area contributed by atoms with Crippen molar-refractivity contribution in [2.75, 3.05) is 62.5 Å². The summed E-state index contributed by atoms with van der Waals surface area (Å²) >= 11 is -18.8. The first-order valence-electron chi connectivity index (χ1n) is 38.6. The molecule has 594 valence electrons. The molecule has 0 atom stereocenters. The van der Waals surface area contributed by atoms with Gasteiger partial charge < -0.3 is 0 Å². The minimum absolute atomic E-state index is 0.591. The number of benzene rings is 18. The van der Waals surface area contributed by atoms with Gasteiger partial charge in [-0.3, -0.25) is 0 Å². The zero-order chi connectivity index (χ0) is 82.5. The molecule has 9 nitrogen and oxygen atoms in total. The Bertz CT molecular complexity index is 6310. The van der Waals surface area contributed by atoms with Gasteiger partial charge in [0.1, 0.15) is 0 Å². The van der Waals surface area contributed by atoms with Crippen LogP contribution in [0, 0.1) is 6.92 Å². The molecule has 0 aliphatic carbocycles. The van der Waals surface area contributed by atoms with Crippen molar-refractivity contribution < 1.29 is 27.7 Å². The molecule has 0 aliphatic heterocycles. The van der Waals surface area contributed by atoms with Crippen LogP contribution in [0.5, 0.6) is 0 Å². The van der Waals surface area contributed by atoms with Crippen LogP contribution in [0.25, 0.3) is 129 Å². The van der Waals surface area contributed by atoms with Gasteiger partial charge in [0, 0.05) is 0 Å². The molecule has 18 aromatic carbocycles. The first-order chi connectivity index (χ1) is 56.8. The van der Waals surface area contributed by atoms with Gasteiger partial charge in [-0.2, -0.15) is 0 Å². The second-order valence-corrected chi connectivity index (χ2v) is 90.2. The molecule has 117 heavy (non-hydrogen) atoms. The molecule has 0 saturated carbocycles. The van der Waals surface area contributed by atoms with Gasteiger partial charge in [0.25, 0.3) is 0 Å². The fourth-order valence-corrected chi connectivity index (χ4v) is 49.1. The molecule has 0 radical (unpaired) electrons. The Morgan fingerprint density at radius 2 is 0.419 bits per heavy atom. The first kappa shape index (κ1) is 89.2. The molecule has 0 amide bonds. The van der Waals surface area contributed by atoms with Gasteiger partial charge in [0.15, 0.2) is 0 Å². The van der Waals surface area contributed by atoms with E-state index in [9.17, 15) is 0 Å². The van der Waals surface area contributed by atoms with Gasteiger partial charge in [0.05, 0.1) is 0 Å². The SMILES string of the molecule is CC[O][Sn]([O]CC)([O]CC)[c]1c2ccccc2cc2ccccc12.C[O][Sn]([O]C)([O]C)[c]1c2ccccc2cc2ccccc12.C[O][Sn]([O]C)([O]C)[c]1cc2ccccc2c2ccccc12.Cc1cc2ccccc2c2ccccc12.[Cl][Sn]([Cl])([Cl])[c]1c2ccccc2cc2ccccc12.[Cl][Sn]([Cl])([Cl])[c]1cc2ccccc2c2ccccc12. The van der Waals surface area contributed by atoms with Crippen molar-refractivity contribution in [2.24, 2.45) is 0 Å². The van der Waals surface area contributed by atoms with Crippen LogP contribution in [0.15, 0.2) is 328 Å². The zero-order valence-corrected chi connectivity index (χ0v) is 85.5. The van der Waals surface area contributed by atoms with E-state index in [0.29, 0.717) is 19.8 Å². The van der Waals surface area contributed by atoms with Crippen molar-refractivity contribution in [3.8, 4) is 0 Å². The van der Waals surface area contributed by atoms with E-state index >= 15 is 0 Å². The Kier molecular flexibility index (Phi) is 31.0. The van der Waals surface area contributed by atoms with Crippen LogP contribution < -0.4 is 17.9 Å². The number of rotatable bonds is 17. The molecule has 0 N–H and O–H groups in total. The van der Waals surface area contributed by atoms with Crippen LogP contribution in [0.1, 0.15) is 26.3 Å². The van der Waals surface area contributed by atoms with Crippen molar-refractivity contribution in [3.05, 3.63) is 333 Å². The van der Waals surface area contributed by atoms with E-state index in [2.05, 4.69) is 225 Å². The van der Waals surface area contributed by atoms with Crippen molar-refractivity contribution in [1.82, 2.24) is 0 Å². The van der Waals surface area contributed by atoms with Crippen molar-refractivity contribution >= 4 is 290 Å². The second-order valence-electron chi connectivity index (χ2n) is 27.6. The molecular weight excluding hydrogens is 2120 g/mol. The van der Waals surface area contributed by atoms with Gasteiger partial charge in [-0.1, -0.05) is 54.6 Å². The van der Waals surface area contributed by atoms with E-state index in [-0.39, 0.29) is 0 Å². The summed E-state index contributed by atoms with van der Waals surface area (Å²) in [5.41, 5.74) is 1.35. The number of aryl methyl sites for hydroxylation is 1. The van der Waals surface area contributed by atoms with Crippen LogP contribution in [0.3, 0.4) is 0 Å². The monoisotopic (exact) mass is 2210 g/mol. The second kappa shape index (κ2) is 40.6. The molecule has 0 bridgehead atoms. The average molecular weight is 2210 g/mol. The van der Waals surface area contributed by atoms with E-state index in [0.717, 1.165) is 71.8 Å². The maximum absolute atomic E-state index is 6.36. The van der Waals surface area contributed by atoms with Gasteiger partial charge in [0.2, 0.25) is 0 Å². The quantitative estimate of drug-likeness (QED) is 0.0503. The number of fused-ring (bicyclic) bond motifs is 15. The standard InChI is InChI=1S/C15H12.5C14H9.3C2H5O.6CH3O.6ClH.5Sn/c1-11-10-12-6-2-3-8-14(12)15-9-5-4-7-13(11)15;2*1-3-7-13-11(5-1)9-10-12-6-2-4-8-14(12)13;3*1-2-6-12-10-14-8-4-3-7-13(14)9-11(12)5-1;3*1-2-3;6*1-2;;;;;;;;;;;/h2-10H,1H3;5*1-9H;3*2H2,1H3;6*1H3;6*1H;;;;;/q;;;;;;9*-1;;;;;;;5*+3/p-6. The zero-order valence-electron chi connectivity index (χ0n) is 66.7. The third kappa shape index (κ3) is 19.4. The maximum atomic E-state index is 6.36. The van der Waals surface area contributed by atoms with E-state index in [1.165, 1.54) is 81.0 Å². The van der Waals surface area contributed by atoms with Gasteiger partial charge in [-0.15, -0.1) is 0 Å². The molecule has 18 aromatic rings. The molecule has 0 aliphatic rings. The summed E-state index contributed by atoms with van der Waals surface area (Å²) in [6, 6.07) is 113. The number of halogens is 6. The molecule has 0 unspecified atom stereocenters. The van der Waals surface area contributed by atoms with Crippen molar-refractivity contribution in [3.63, 3.8) is 0 Å². The molecule has 0 spiro atoms. The number of hydrogen-bond acceptors (Lipinski definition) is 9. The van der Waals surface area contributed by atoms with Crippen LogP contribution in [-0.4, -0.2) is 151 Å². The Hall–Kier alpha value is -5.55. The molecule has 0 heterocycles. The third-order valence-corrected chi connectivity index (χ3v) is 59.5. The fourth-order valence-electron chi connectivity index (χ4n) is 15.9. The minimum atomic E-state index is -3.92. The predicted octanol–water partition coefficient (Wildman–Crippen LogP) is 24.4. The molecule has 0 aromatic heterocycles. The molecular formula is C97H90Cl6O9Sn5. The Labute approximate surface area is 731 Å². The third-order valence-electron chi connectivity index (χ3n) is 21.0. The molecule has 0 fully saturated rings. The molecule has 18 rings (SSSR count). The molecule has 0 saturated heterocycles. The molecule has 20 heteroatoms. The van der Waals surface area contributed by atoms with Crippen molar-refractivity contribution in [1.29, 1.82) is 0 Å². The first-order valence-corrected chi connectivity index (χ1v) is 77.9. The van der Waals surface area contributed by atoms with E-state index in [1.54, 1.807) is 42.7 Å². The van der Waals surface area contributed by atoms with Gasteiger partial charge >= 0.3 is 652 Å². The summed E-state index contributed by atoms with van der Waals surface area (Å²) in [5, 5.41) is 28.6. The predicted molar refractivity (Wildman–Crippen MR) is 512 cm³/mol. The Balaban J connectivity index is 0.000000122. The topological polar surface area (TPSA) is 83.1 Å². The van der Waals surface area contributed by atoms with E-state index in [4.69, 9.17) is 81.2 Å². The summed E-state index contributed by atoms with van der Waals surface area (Å²) in [7, 11) is 48.0. The average Bonchev–Trinajstić information content (AvgIpc) is 0.721.